The van der Waals surface area contributed by atoms with E-state index in [4.69, 9.17) is 15.0 Å². The van der Waals surface area contributed by atoms with E-state index in [1.54, 1.807) is 19.1 Å². The van der Waals surface area contributed by atoms with Crippen LogP contribution in [0, 0.1) is 5.92 Å². The fraction of sp³-hybridized carbons (Fsp3) is 0.316. The molecule has 3 heterocycles. The molecule has 4 rings (SSSR count). The van der Waals surface area contributed by atoms with Gasteiger partial charge in [-0.15, -0.1) is 0 Å². The summed E-state index contributed by atoms with van der Waals surface area (Å²) in [5.41, 5.74) is 6.29. The van der Waals surface area contributed by atoms with Crippen molar-refractivity contribution in [2.45, 2.75) is 25.1 Å². The highest BCUT2D eigenvalue weighted by Crippen LogP contribution is 2.46. The normalized spacial score (nSPS) is 26.0. The first-order valence-electron chi connectivity index (χ1n) is 8.71. The van der Waals surface area contributed by atoms with Crippen LogP contribution in [0.1, 0.15) is 18.7 Å². The first-order valence-corrected chi connectivity index (χ1v) is 9.50. The molecule has 8 nitrogen and oxygen atoms in total. The Kier molecular flexibility index (Phi) is 4.60. The lowest BCUT2D eigenvalue weighted by Crippen LogP contribution is -2.44. The highest BCUT2D eigenvalue weighted by molar-refractivity contribution is 9.10. The van der Waals surface area contributed by atoms with Gasteiger partial charge < -0.3 is 10.2 Å². The SMILES string of the molecule is CC(C(N)=O)N1OC2C(=O)N(C)C(=O)C2C1c1ccc(-c2ccc(Br)cc2)o1. The number of likely N-dealkylation sites (N-methyl/N-ethyl adjacent to an activating group) is 1. The number of hydrogen-bond donors (Lipinski definition) is 1. The number of nitrogens with two attached hydrogens (primary N) is 1. The molecule has 2 aliphatic rings. The third-order valence-electron chi connectivity index (χ3n) is 5.21. The number of halogens is 1. The molecule has 2 fully saturated rings. The molecule has 2 aliphatic heterocycles. The first kappa shape index (κ1) is 18.9. The Hall–Kier alpha value is -2.49. The summed E-state index contributed by atoms with van der Waals surface area (Å²) >= 11 is 3.39. The molecule has 4 unspecified atom stereocenters. The monoisotopic (exact) mass is 447 g/mol. The summed E-state index contributed by atoms with van der Waals surface area (Å²) in [4.78, 5) is 43.6. The largest absolute Gasteiger partial charge is 0.459 e. The van der Waals surface area contributed by atoms with E-state index >= 15 is 0 Å². The molecular formula is C19H18BrN3O5. The van der Waals surface area contributed by atoms with Crippen LogP contribution < -0.4 is 5.73 Å². The maximum absolute atomic E-state index is 12.7. The molecule has 2 saturated heterocycles. The smallest absolute Gasteiger partial charge is 0.261 e. The zero-order valence-corrected chi connectivity index (χ0v) is 16.8. The lowest BCUT2D eigenvalue weighted by Gasteiger charge is -2.28. The minimum Gasteiger partial charge on any atom is -0.459 e. The van der Waals surface area contributed by atoms with E-state index in [-0.39, 0.29) is 5.91 Å². The molecule has 2 aromatic rings. The Bertz CT molecular complexity index is 957. The van der Waals surface area contributed by atoms with E-state index < -0.39 is 35.9 Å². The van der Waals surface area contributed by atoms with E-state index in [2.05, 4.69) is 15.9 Å². The van der Waals surface area contributed by atoms with Crippen molar-refractivity contribution >= 4 is 33.7 Å². The quantitative estimate of drug-likeness (QED) is 0.716. The van der Waals surface area contributed by atoms with Gasteiger partial charge in [-0.3, -0.25) is 24.1 Å². The number of rotatable bonds is 4. The van der Waals surface area contributed by atoms with Crippen molar-refractivity contribution in [3.8, 4) is 11.3 Å². The Balaban J connectivity index is 1.74. The van der Waals surface area contributed by atoms with E-state index in [0.717, 1.165) is 14.9 Å². The van der Waals surface area contributed by atoms with Gasteiger partial charge in [0.15, 0.2) is 6.10 Å². The average molecular weight is 448 g/mol. The topological polar surface area (TPSA) is 106 Å². The molecule has 4 atom stereocenters. The fourth-order valence-electron chi connectivity index (χ4n) is 3.61. The van der Waals surface area contributed by atoms with E-state index in [1.807, 2.05) is 24.3 Å². The molecule has 0 radical (unpaired) electrons. The van der Waals surface area contributed by atoms with Crippen LogP contribution in [0.3, 0.4) is 0 Å². The third kappa shape index (κ3) is 2.86. The van der Waals surface area contributed by atoms with Gasteiger partial charge in [-0.25, -0.2) is 0 Å². The number of fused-ring (bicyclic) bond motifs is 1. The molecule has 9 heteroatoms. The first-order chi connectivity index (χ1) is 13.3. The van der Waals surface area contributed by atoms with Crippen molar-refractivity contribution in [3.63, 3.8) is 0 Å². The zero-order chi connectivity index (χ0) is 20.2. The van der Waals surface area contributed by atoms with Crippen molar-refractivity contribution in [1.82, 2.24) is 9.96 Å². The van der Waals surface area contributed by atoms with Crippen LogP contribution in [0.25, 0.3) is 11.3 Å². The van der Waals surface area contributed by atoms with Crippen LogP contribution >= 0.6 is 15.9 Å². The highest BCUT2D eigenvalue weighted by Gasteiger charge is 2.60. The summed E-state index contributed by atoms with van der Waals surface area (Å²) in [5, 5.41) is 1.31. The fourth-order valence-corrected chi connectivity index (χ4v) is 3.88. The maximum Gasteiger partial charge on any atom is 0.261 e. The lowest BCUT2D eigenvalue weighted by molar-refractivity contribution is -0.197. The van der Waals surface area contributed by atoms with Gasteiger partial charge in [0.25, 0.3) is 5.91 Å². The molecule has 0 aliphatic carbocycles. The van der Waals surface area contributed by atoms with Crippen molar-refractivity contribution in [2.75, 3.05) is 7.05 Å². The second kappa shape index (κ2) is 6.84. The van der Waals surface area contributed by atoms with E-state index in [1.165, 1.54) is 12.1 Å². The molecule has 0 spiro atoms. The number of primary amides is 1. The average Bonchev–Trinajstić information content (AvgIpc) is 3.34. The number of nitrogens with zero attached hydrogens (tertiary/aromatic N) is 2. The van der Waals surface area contributed by atoms with Gasteiger partial charge in [0.2, 0.25) is 11.8 Å². The van der Waals surface area contributed by atoms with Gasteiger partial charge in [0.05, 0.1) is 0 Å². The number of hydrogen-bond acceptors (Lipinski definition) is 6. The number of benzene rings is 1. The predicted octanol–water partition coefficient (Wildman–Crippen LogP) is 1.85. The van der Waals surface area contributed by atoms with Crippen LogP contribution in [-0.4, -0.2) is 46.9 Å². The molecule has 28 heavy (non-hydrogen) atoms. The molecule has 146 valence electrons. The Morgan fingerprint density at radius 1 is 1.14 bits per heavy atom. The summed E-state index contributed by atoms with van der Waals surface area (Å²) in [6.45, 7) is 1.56. The van der Waals surface area contributed by atoms with Crippen LogP contribution in [-0.2, 0) is 19.2 Å². The van der Waals surface area contributed by atoms with Gasteiger partial charge in [-0.05, 0) is 31.2 Å². The van der Waals surface area contributed by atoms with Gasteiger partial charge >= 0.3 is 0 Å². The zero-order valence-electron chi connectivity index (χ0n) is 15.2. The molecular weight excluding hydrogens is 430 g/mol. The van der Waals surface area contributed by atoms with Crippen LogP contribution in [0.2, 0.25) is 0 Å². The third-order valence-corrected chi connectivity index (χ3v) is 5.73. The Morgan fingerprint density at radius 3 is 2.46 bits per heavy atom. The number of likely N-dealkylation sites (tertiary alicyclic amines) is 1. The summed E-state index contributed by atoms with van der Waals surface area (Å²) in [5.74, 6) is -1.22. The summed E-state index contributed by atoms with van der Waals surface area (Å²) in [7, 11) is 1.42. The molecule has 0 bridgehead atoms. The Labute approximate surface area is 169 Å². The van der Waals surface area contributed by atoms with Crippen molar-refractivity contribution < 1.29 is 23.6 Å². The van der Waals surface area contributed by atoms with Crippen LogP contribution in [0.5, 0.6) is 0 Å². The number of imide groups is 1. The van der Waals surface area contributed by atoms with Gasteiger partial charge in [0, 0.05) is 17.1 Å². The van der Waals surface area contributed by atoms with Crippen molar-refractivity contribution in [3.05, 3.63) is 46.6 Å². The number of hydroxylamine groups is 2. The Morgan fingerprint density at radius 2 is 1.82 bits per heavy atom. The number of carbonyl (C=O) groups excluding carboxylic acids is 3. The number of amides is 3. The number of furan rings is 1. The van der Waals surface area contributed by atoms with E-state index in [9.17, 15) is 14.4 Å². The van der Waals surface area contributed by atoms with Crippen LogP contribution in [0.4, 0.5) is 0 Å². The van der Waals surface area contributed by atoms with E-state index in [0.29, 0.717) is 11.5 Å². The molecule has 0 saturated carbocycles. The lowest BCUT2D eigenvalue weighted by atomic mass is 9.94. The second-order valence-electron chi connectivity index (χ2n) is 6.88. The van der Waals surface area contributed by atoms with Gasteiger partial charge in [-0.1, -0.05) is 28.1 Å². The highest BCUT2D eigenvalue weighted by atomic mass is 79.9. The molecule has 2 N–H and O–H groups in total. The predicted molar refractivity (Wildman–Crippen MR) is 101 cm³/mol. The molecule has 1 aromatic heterocycles. The standard InChI is InChI=1S/C19H18BrN3O5/c1-9(17(21)24)23-15(14-16(28-23)19(26)22(2)18(14)25)13-8-7-12(27-13)10-3-5-11(20)6-4-10/h3-9,14-16H,1-2H3,(H2,21,24). The summed E-state index contributed by atoms with van der Waals surface area (Å²) in [6.07, 6.45) is -0.995. The summed E-state index contributed by atoms with van der Waals surface area (Å²) in [6, 6.07) is 9.49. The van der Waals surface area contributed by atoms with Gasteiger partial charge in [0.1, 0.15) is 29.5 Å². The molecule has 1 aromatic carbocycles. The minimum absolute atomic E-state index is 0.374. The number of carbonyl (C=O) groups is 3. The second-order valence-corrected chi connectivity index (χ2v) is 7.79. The van der Waals surface area contributed by atoms with Crippen molar-refractivity contribution in [2.24, 2.45) is 11.7 Å². The van der Waals surface area contributed by atoms with Crippen LogP contribution in [0.15, 0.2) is 45.3 Å². The maximum atomic E-state index is 12.7. The van der Waals surface area contributed by atoms with Gasteiger partial charge in [-0.2, -0.15) is 5.06 Å². The van der Waals surface area contributed by atoms with Crippen molar-refractivity contribution in [1.29, 1.82) is 0 Å². The summed E-state index contributed by atoms with van der Waals surface area (Å²) < 4.78 is 6.95. The molecule has 3 amide bonds. The minimum atomic E-state index is -0.995.